The fraction of sp³-hybridized carbons (Fsp3) is 0.429. The van der Waals surface area contributed by atoms with Crippen molar-refractivity contribution in [3.63, 3.8) is 0 Å². The van der Waals surface area contributed by atoms with Crippen LogP contribution < -0.4 is 4.74 Å². The number of aliphatic carboxylic acids is 1. The fourth-order valence-electron chi connectivity index (χ4n) is 2.26. The second-order valence-corrected chi connectivity index (χ2v) is 5.07. The number of hydrogen-bond donors (Lipinski definition) is 1. The van der Waals surface area contributed by atoms with Crippen LogP contribution in [0, 0.1) is 0 Å². The summed E-state index contributed by atoms with van der Waals surface area (Å²) >= 11 is 6.09. The van der Waals surface area contributed by atoms with Crippen LogP contribution in [0.15, 0.2) is 18.2 Å². The number of carboxylic acid groups (broad SMARTS) is 1. The third-order valence-electron chi connectivity index (χ3n) is 3.24. The molecule has 114 valence electrons. The van der Waals surface area contributed by atoms with Crippen LogP contribution in [-0.4, -0.2) is 54.8 Å². The van der Waals surface area contributed by atoms with E-state index in [0.717, 1.165) is 0 Å². The van der Waals surface area contributed by atoms with Crippen molar-refractivity contribution >= 4 is 23.5 Å². The van der Waals surface area contributed by atoms with Gasteiger partial charge in [-0.3, -0.25) is 9.59 Å². The van der Waals surface area contributed by atoms with E-state index in [9.17, 15) is 9.59 Å². The number of benzene rings is 1. The smallest absolute Gasteiger partial charge is 0.306 e. The predicted molar refractivity (Wildman–Crippen MR) is 75.9 cm³/mol. The Labute approximate surface area is 127 Å². The molecule has 7 heteroatoms. The number of carbonyl (C=O) groups is 2. The van der Waals surface area contributed by atoms with Crippen LogP contribution in [0.4, 0.5) is 0 Å². The van der Waals surface area contributed by atoms with Gasteiger partial charge < -0.3 is 19.5 Å². The van der Waals surface area contributed by atoms with Crippen molar-refractivity contribution in [3.8, 4) is 5.75 Å². The second-order valence-electron chi connectivity index (χ2n) is 4.66. The highest BCUT2D eigenvalue weighted by Crippen LogP contribution is 2.28. The van der Waals surface area contributed by atoms with Crippen molar-refractivity contribution in [1.82, 2.24) is 4.90 Å². The normalized spacial score (nSPS) is 18.4. The van der Waals surface area contributed by atoms with E-state index in [2.05, 4.69) is 0 Å². The molecule has 1 saturated heterocycles. The van der Waals surface area contributed by atoms with Gasteiger partial charge in [-0.25, -0.2) is 0 Å². The molecule has 1 atom stereocenters. The summed E-state index contributed by atoms with van der Waals surface area (Å²) in [6.07, 6.45) is -0.641. The Morgan fingerprint density at radius 1 is 1.52 bits per heavy atom. The molecule has 0 spiro atoms. The molecule has 6 nitrogen and oxygen atoms in total. The third-order valence-corrected chi connectivity index (χ3v) is 3.55. The summed E-state index contributed by atoms with van der Waals surface area (Å²) in [5.41, 5.74) is 0.289. The number of ether oxygens (including phenoxy) is 2. The molecule has 0 radical (unpaired) electrons. The molecule has 1 aromatic rings. The van der Waals surface area contributed by atoms with Gasteiger partial charge in [0.25, 0.3) is 5.91 Å². The van der Waals surface area contributed by atoms with Gasteiger partial charge in [-0.05, 0) is 12.1 Å². The first-order chi connectivity index (χ1) is 10.0. The van der Waals surface area contributed by atoms with E-state index >= 15 is 0 Å². The molecule has 0 unspecified atom stereocenters. The summed E-state index contributed by atoms with van der Waals surface area (Å²) in [5.74, 6) is -0.838. The number of methoxy groups -OCH3 is 1. The molecule has 0 aliphatic carbocycles. The number of morpholine rings is 1. The molecule has 0 bridgehead atoms. The molecule has 1 aliphatic rings. The van der Waals surface area contributed by atoms with E-state index in [1.54, 1.807) is 23.1 Å². The van der Waals surface area contributed by atoms with Crippen molar-refractivity contribution in [3.05, 3.63) is 28.8 Å². The molecule has 0 aromatic heterocycles. The van der Waals surface area contributed by atoms with Gasteiger partial charge in [-0.1, -0.05) is 17.7 Å². The van der Waals surface area contributed by atoms with Crippen molar-refractivity contribution in [2.24, 2.45) is 0 Å². The Hall–Kier alpha value is -1.79. The zero-order chi connectivity index (χ0) is 15.4. The zero-order valence-electron chi connectivity index (χ0n) is 11.5. The summed E-state index contributed by atoms with van der Waals surface area (Å²) in [7, 11) is 1.47. The van der Waals surface area contributed by atoms with Gasteiger partial charge in [0.05, 0.1) is 31.3 Å². The number of rotatable bonds is 4. The highest BCUT2D eigenvalue weighted by Gasteiger charge is 2.29. The molecular weight excluding hydrogens is 298 g/mol. The quantitative estimate of drug-likeness (QED) is 0.915. The van der Waals surface area contributed by atoms with E-state index in [1.165, 1.54) is 7.11 Å². The van der Waals surface area contributed by atoms with Crippen molar-refractivity contribution < 1.29 is 24.2 Å². The van der Waals surface area contributed by atoms with E-state index in [4.69, 9.17) is 26.2 Å². The topological polar surface area (TPSA) is 76.1 Å². The summed E-state index contributed by atoms with van der Waals surface area (Å²) in [5, 5.41) is 9.12. The number of nitrogens with zero attached hydrogens (tertiary/aromatic N) is 1. The summed E-state index contributed by atoms with van der Waals surface area (Å²) in [6.45, 7) is 0.916. The van der Waals surface area contributed by atoms with E-state index in [-0.39, 0.29) is 24.4 Å². The maximum Gasteiger partial charge on any atom is 0.306 e. The zero-order valence-corrected chi connectivity index (χ0v) is 12.3. The van der Waals surface area contributed by atoms with Crippen LogP contribution in [0.25, 0.3) is 0 Å². The predicted octanol–water partition coefficient (Wildman–Crippen LogP) is 1.66. The highest BCUT2D eigenvalue weighted by atomic mass is 35.5. The molecule has 1 aliphatic heterocycles. The number of carboxylic acids is 1. The van der Waals surface area contributed by atoms with E-state index in [0.29, 0.717) is 23.9 Å². The fourth-order valence-corrected chi connectivity index (χ4v) is 2.51. The van der Waals surface area contributed by atoms with Gasteiger partial charge in [0.1, 0.15) is 11.3 Å². The number of carbonyl (C=O) groups excluding carboxylic acids is 1. The van der Waals surface area contributed by atoms with E-state index < -0.39 is 12.1 Å². The Balaban J connectivity index is 2.18. The van der Waals surface area contributed by atoms with Gasteiger partial charge in [-0.2, -0.15) is 0 Å². The lowest BCUT2D eigenvalue weighted by Crippen LogP contribution is -2.46. The molecule has 1 fully saturated rings. The lowest BCUT2D eigenvalue weighted by atomic mass is 10.1. The summed E-state index contributed by atoms with van der Waals surface area (Å²) in [4.78, 5) is 24.9. The first-order valence-corrected chi connectivity index (χ1v) is 6.86. The highest BCUT2D eigenvalue weighted by molar-refractivity contribution is 6.34. The van der Waals surface area contributed by atoms with Gasteiger partial charge in [0.15, 0.2) is 0 Å². The average Bonchev–Trinajstić information content (AvgIpc) is 2.45. The first-order valence-electron chi connectivity index (χ1n) is 6.48. The van der Waals surface area contributed by atoms with Crippen LogP contribution >= 0.6 is 11.6 Å². The summed E-state index contributed by atoms with van der Waals surface area (Å²) < 4.78 is 10.5. The average molecular weight is 314 g/mol. The number of hydrogen-bond acceptors (Lipinski definition) is 4. The standard InChI is InChI=1S/C14H16ClNO5/c1-20-11-4-2-3-10(15)13(11)14(19)16-5-6-21-9(8-16)7-12(17)18/h2-4,9H,5-8H2,1H3,(H,17,18)/t9-/m0/s1. The van der Waals surface area contributed by atoms with Gasteiger partial charge in [0.2, 0.25) is 0 Å². The molecule has 1 aromatic carbocycles. The Bertz CT molecular complexity index is 548. The molecule has 0 saturated carbocycles. The van der Waals surface area contributed by atoms with Crippen LogP contribution in [0.2, 0.25) is 5.02 Å². The summed E-state index contributed by atoms with van der Waals surface area (Å²) in [6, 6.07) is 4.98. The third kappa shape index (κ3) is 3.65. The SMILES string of the molecule is COc1cccc(Cl)c1C(=O)N1CCO[C@@H](CC(=O)O)C1. The lowest BCUT2D eigenvalue weighted by molar-refractivity contribution is -0.141. The molecule has 1 heterocycles. The second kappa shape index (κ2) is 6.78. The monoisotopic (exact) mass is 313 g/mol. The van der Waals surface area contributed by atoms with Crippen LogP contribution in [-0.2, 0) is 9.53 Å². The van der Waals surface area contributed by atoms with Crippen molar-refractivity contribution in [1.29, 1.82) is 0 Å². The number of amides is 1. The molecular formula is C14H16ClNO5. The minimum atomic E-state index is -0.954. The number of halogens is 1. The van der Waals surface area contributed by atoms with Crippen LogP contribution in [0.3, 0.4) is 0 Å². The molecule has 21 heavy (non-hydrogen) atoms. The Morgan fingerprint density at radius 3 is 2.95 bits per heavy atom. The van der Waals surface area contributed by atoms with E-state index in [1.807, 2.05) is 0 Å². The first kappa shape index (κ1) is 15.6. The van der Waals surface area contributed by atoms with Crippen molar-refractivity contribution in [2.45, 2.75) is 12.5 Å². The Morgan fingerprint density at radius 2 is 2.29 bits per heavy atom. The maximum atomic E-state index is 12.6. The molecule has 2 rings (SSSR count). The molecule has 1 N–H and O–H groups in total. The van der Waals surface area contributed by atoms with Gasteiger partial charge in [-0.15, -0.1) is 0 Å². The van der Waals surface area contributed by atoms with Crippen LogP contribution in [0.5, 0.6) is 5.75 Å². The minimum absolute atomic E-state index is 0.135. The van der Waals surface area contributed by atoms with Crippen LogP contribution in [0.1, 0.15) is 16.8 Å². The lowest BCUT2D eigenvalue weighted by Gasteiger charge is -2.32. The van der Waals surface area contributed by atoms with Crippen molar-refractivity contribution in [2.75, 3.05) is 26.8 Å². The minimum Gasteiger partial charge on any atom is -0.496 e. The largest absolute Gasteiger partial charge is 0.496 e. The maximum absolute atomic E-state index is 12.6. The molecule has 1 amide bonds. The van der Waals surface area contributed by atoms with Gasteiger partial charge in [0, 0.05) is 13.1 Å². The Kier molecular flexibility index (Phi) is 5.03. The van der Waals surface area contributed by atoms with Gasteiger partial charge >= 0.3 is 5.97 Å².